The number of aliphatic hydroxyl groups excluding tert-OH is 1. The number of allylic oxidation sites excluding steroid dienone is 3. The Balaban J connectivity index is 1.74. The second-order valence-corrected chi connectivity index (χ2v) is 8.67. The Labute approximate surface area is 170 Å². The molecule has 3 rings (SSSR count). The minimum atomic E-state index is -0.303. The summed E-state index contributed by atoms with van der Waals surface area (Å²) in [5.41, 5.74) is 6.35. The van der Waals surface area contributed by atoms with Crippen LogP contribution in [0.4, 0.5) is 0 Å². The Hall–Kier alpha value is -1.14. The third kappa shape index (κ3) is 4.58. The standard InChI is InChI=1S/C22H28INO2/c1-14-11-21(26-13-17-7-5-4-6-8-17)16(3)15(2)19(14)12-18-9-10-20(25)22(23)24-18/h4-7,11,17,20,22,25H,8-10,12-13H2,1-3H3. The van der Waals surface area contributed by atoms with Crippen molar-refractivity contribution >= 4 is 28.3 Å². The second kappa shape index (κ2) is 8.70. The molecular formula is C22H28INO2. The van der Waals surface area contributed by atoms with E-state index in [1.54, 1.807) is 0 Å². The molecule has 1 aliphatic carbocycles. The van der Waals surface area contributed by atoms with Gasteiger partial charge in [-0.15, -0.1) is 0 Å². The van der Waals surface area contributed by atoms with Gasteiger partial charge in [-0.1, -0.05) is 46.9 Å². The summed E-state index contributed by atoms with van der Waals surface area (Å²) in [7, 11) is 0. The molecule has 1 N–H and O–H groups in total. The zero-order valence-corrected chi connectivity index (χ0v) is 18.0. The number of aliphatic imine (C=N–C) groups is 1. The summed E-state index contributed by atoms with van der Waals surface area (Å²) in [6.07, 6.45) is 11.9. The van der Waals surface area contributed by atoms with E-state index in [9.17, 15) is 5.11 Å². The largest absolute Gasteiger partial charge is 0.493 e. The van der Waals surface area contributed by atoms with E-state index in [1.807, 2.05) is 0 Å². The van der Waals surface area contributed by atoms with Gasteiger partial charge < -0.3 is 9.84 Å². The van der Waals surface area contributed by atoms with Gasteiger partial charge >= 0.3 is 0 Å². The van der Waals surface area contributed by atoms with Crippen molar-refractivity contribution in [1.82, 2.24) is 0 Å². The van der Waals surface area contributed by atoms with Crippen molar-refractivity contribution in [3.8, 4) is 5.75 Å². The van der Waals surface area contributed by atoms with Crippen LogP contribution in [0.5, 0.6) is 5.75 Å². The zero-order valence-electron chi connectivity index (χ0n) is 15.8. The SMILES string of the molecule is Cc1cc(OCC2C=CC=CC2)c(C)c(C)c1CC1=NC(I)C(O)CC1. The Bertz CT molecular complexity index is 751. The molecule has 0 aromatic heterocycles. The number of hydrogen-bond acceptors (Lipinski definition) is 3. The van der Waals surface area contributed by atoms with E-state index in [4.69, 9.17) is 9.73 Å². The fraction of sp³-hybridized carbons (Fsp3) is 0.500. The fourth-order valence-electron chi connectivity index (χ4n) is 3.59. The van der Waals surface area contributed by atoms with Crippen molar-refractivity contribution in [2.75, 3.05) is 6.61 Å². The van der Waals surface area contributed by atoms with Crippen molar-refractivity contribution in [2.24, 2.45) is 10.9 Å². The van der Waals surface area contributed by atoms with Crippen molar-refractivity contribution in [1.29, 1.82) is 0 Å². The van der Waals surface area contributed by atoms with Gasteiger partial charge in [0.15, 0.2) is 0 Å². The third-order valence-corrected chi connectivity index (χ3v) is 6.57. The topological polar surface area (TPSA) is 41.8 Å². The predicted octanol–water partition coefficient (Wildman–Crippen LogP) is 5.02. The lowest BCUT2D eigenvalue weighted by Gasteiger charge is -2.24. The van der Waals surface area contributed by atoms with Gasteiger partial charge in [0.2, 0.25) is 0 Å². The first kappa shape index (κ1) is 19.6. The van der Waals surface area contributed by atoms with E-state index in [2.05, 4.69) is 73.7 Å². The van der Waals surface area contributed by atoms with Gasteiger partial charge in [0.05, 0.1) is 12.7 Å². The highest BCUT2D eigenvalue weighted by Crippen LogP contribution is 2.30. The first-order chi connectivity index (χ1) is 12.5. The minimum Gasteiger partial charge on any atom is -0.493 e. The molecule has 140 valence electrons. The van der Waals surface area contributed by atoms with Gasteiger partial charge in [0.1, 0.15) is 9.80 Å². The summed E-state index contributed by atoms with van der Waals surface area (Å²) in [4.78, 5) is 4.70. The van der Waals surface area contributed by atoms with E-state index in [0.717, 1.165) is 38.0 Å². The average molecular weight is 465 g/mol. The molecule has 0 saturated heterocycles. The molecule has 0 spiro atoms. The molecule has 0 saturated carbocycles. The maximum absolute atomic E-state index is 9.88. The highest BCUT2D eigenvalue weighted by molar-refractivity contribution is 14.1. The van der Waals surface area contributed by atoms with E-state index in [0.29, 0.717) is 5.92 Å². The fourth-order valence-corrected chi connectivity index (χ4v) is 4.34. The van der Waals surface area contributed by atoms with Crippen molar-refractivity contribution in [3.63, 3.8) is 0 Å². The lowest BCUT2D eigenvalue weighted by molar-refractivity contribution is 0.165. The molecule has 1 aromatic carbocycles. The van der Waals surface area contributed by atoms with Gasteiger partial charge in [0.25, 0.3) is 0 Å². The molecule has 3 atom stereocenters. The van der Waals surface area contributed by atoms with Crippen molar-refractivity contribution in [2.45, 2.75) is 56.6 Å². The Morgan fingerprint density at radius 3 is 2.73 bits per heavy atom. The first-order valence-corrected chi connectivity index (χ1v) is 10.6. The van der Waals surface area contributed by atoms with Crippen LogP contribution in [-0.2, 0) is 6.42 Å². The Morgan fingerprint density at radius 2 is 2.04 bits per heavy atom. The maximum atomic E-state index is 9.88. The van der Waals surface area contributed by atoms with Crippen LogP contribution in [0.3, 0.4) is 0 Å². The Kier molecular flexibility index (Phi) is 6.56. The lowest BCUT2D eigenvalue weighted by atomic mass is 9.91. The van der Waals surface area contributed by atoms with Gasteiger partial charge in [-0.05, 0) is 68.4 Å². The van der Waals surface area contributed by atoms with Crippen LogP contribution in [0.15, 0.2) is 35.4 Å². The van der Waals surface area contributed by atoms with Crippen LogP contribution < -0.4 is 4.74 Å². The number of aryl methyl sites for hydroxylation is 1. The number of rotatable bonds is 5. The van der Waals surface area contributed by atoms with Gasteiger partial charge in [-0.25, -0.2) is 0 Å². The molecule has 0 radical (unpaired) electrons. The molecule has 3 nitrogen and oxygen atoms in total. The third-order valence-electron chi connectivity index (χ3n) is 5.46. The lowest BCUT2D eigenvalue weighted by Crippen LogP contribution is -2.27. The molecule has 1 aliphatic heterocycles. The average Bonchev–Trinajstić information content (AvgIpc) is 2.64. The normalized spacial score (nSPS) is 25.3. The molecule has 1 aromatic rings. The van der Waals surface area contributed by atoms with Gasteiger partial charge in [-0.3, -0.25) is 4.99 Å². The number of aliphatic hydroxyl groups is 1. The smallest absolute Gasteiger partial charge is 0.127 e. The number of nitrogens with zero attached hydrogens (tertiary/aromatic N) is 1. The summed E-state index contributed by atoms with van der Waals surface area (Å²) < 4.78 is 6.15. The van der Waals surface area contributed by atoms with Crippen LogP contribution in [0.2, 0.25) is 0 Å². The quantitative estimate of drug-likeness (QED) is 0.377. The zero-order chi connectivity index (χ0) is 18.7. The van der Waals surface area contributed by atoms with Crippen molar-refractivity contribution < 1.29 is 9.84 Å². The minimum absolute atomic E-state index is 0.0155. The molecule has 2 aliphatic rings. The number of halogens is 1. The molecule has 0 amide bonds. The molecule has 0 fully saturated rings. The molecular weight excluding hydrogens is 437 g/mol. The first-order valence-electron chi connectivity index (χ1n) is 9.39. The van der Waals surface area contributed by atoms with Crippen LogP contribution in [0.1, 0.15) is 41.5 Å². The van der Waals surface area contributed by atoms with E-state index < -0.39 is 0 Å². The van der Waals surface area contributed by atoms with E-state index >= 15 is 0 Å². The maximum Gasteiger partial charge on any atom is 0.127 e. The van der Waals surface area contributed by atoms with Crippen molar-refractivity contribution in [3.05, 3.63) is 52.6 Å². The number of benzene rings is 1. The summed E-state index contributed by atoms with van der Waals surface area (Å²) in [5.74, 6) is 1.46. The summed E-state index contributed by atoms with van der Waals surface area (Å²) in [5, 5.41) is 9.88. The van der Waals surface area contributed by atoms with E-state index in [1.165, 1.54) is 28.0 Å². The summed E-state index contributed by atoms with van der Waals surface area (Å²) in [6, 6.07) is 2.18. The Morgan fingerprint density at radius 1 is 1.23 bits per heavy atom. The second-order valence-electron chi connectivity index (χ2n) is 7.39. The van der Waals surface area contributed by atoms with Gasteiger partial charge in [0, 0.05) is 18.1 Å². The monoisotopic (exact) mass is 465 g/mol. The van der Waals surface area contributed by atoms with Crippen LogP contribution in [0, 0.1) is 26.7 Å². The summed E-state index contributed by atoms with van der Waals surface area (Å²) in [6.45, 7) is 7.23. The summed E-state index contributed by atoms with van der Waals surface area (Å²) >= 11 is 2.23. The van der Waals surface area contributed by atoms with E-state index in [-0.39, 0.29) is 10.2 Å². The molecule has 26 heavy (non-hydrogen) atoms. The molecule has 1 heterocycles. The number of ether oxygens (including phenoxy) is 1. The molecule has 0 bridgehead atoms. The predicted molar refractivity (Wildman–Crippen MR) is 117 cm³/mol. The van der Waals surface area contributed by atoms with Crippen LogP contribution in [0.25, 0.3) is 0 Å². The number of hydrogen-bond donors (Lipinski definition) is 1. The van der Waals surface area contributed by atoms with Crippen LogP contribution in [-0.4, -0.2) is 27.6 Å². The highest BCUT2D eigenvalue weighted by Gasteiger charge is 2.23. The molecule has 4 heteroatoms. The van der Waals surface area contributed by atoms with Gasteiger partial charge in [-0.2, -0.15) is 0 Å². The molecule has 3 unspecified atom stereocenters. The highest BCUT2D eigenvalue weighted by atomic mass is 127. The van der Waals surface area contributed by atoms with Crippen LogP contribution >= 0.6 is 22.6 Å². The number of alkyl halides is 1.